The van der Waals surface area contributed by atoms with Crippen LogP contribution < -0.4 is 14.5 Å². The molecule has 0 fully saturated rings. The zero-order chi connectivity index (χ0) is 36.5. The number of nitrogens with zero attached hydrogens (tertiary/aromatic N) is 2. The lowest BCUT2D eigenvalue weighted by molar-refractivity contribution is 0.0928. The Labute approximate surface area is 298 Å². The molecule has 0 aliphatic carbocycles. The molecule has 4 rings (SSSR count). The zero-order valence-electron chi connectivity index (χ0n) is 30.4. The molecule has 10 nitrogen and oxygen atoms in total. The Kier molecular flexibility index (Phi) is 14.0. The van der Waals surface area contributed by atoms with Crippen LogP contribution in [0.25, 0.3) is 33.1 Å². The van der Waals surface area contributed by atoms with Gasteiger partial charge in [-0.25, -0.2) is 17.6 Å². The van der Waals surface area contributed by atoms with E-state index < -0.39 is 25.0 Å². The van der Waals surface area contributed by atoms with Gasteiger partial charge in [-0.2, -0.15) is 8.42 Å². The molecule has 2 N–H and O–H groups in total. The van der Waals surface area contributed by atoms with E-state index in [0.29, 0.717) is 53.1 Å². The van der Waals surface area contributed by atoms with E-state index in [4.69, 9.17) is 9.15 Å². The zero-order valence-corrected chi connectivity index (χ0v) is 32.0. The molecule has 12 heteroatoms. The number of nitrogens with one attached hydrogen (secondary N) is 1. The Hall–Kier alpha value is -3.29. The molecule has 0 radical (unpaired) electrons. The third kappa shape index (κ3) is 9.33. The highest BCUT2D eigenvalue weighted by Crippen LogP contribution is 2.42. The van der Waals surface area contributed by atoms with Crippen LogP contribution in [0.15, 0.2) is 68.8 Å². The largest absolute Gasteiger partial charge is 0.381 e. The van der Waals surface area contributed by atoms with Crippen molar-refractivity contribution in [3.05, 3.63) is 54.6 Å². The number of ether oxygens (including phenoxy) is 1. The summed E-state index contributed by atoms with van der Waals surface area (Å²) in [5, 5.41) is 1.25. The summed E-state index contributed by atoms with van der Waals surface area (Å²) >= 11 is 0. The van der Waals surface area contributed by atoms with Crippen molar-refractivity contribution in [2.75, 3.05) is 55.7 Å². The maximum atomic E-state index is 13.4. The molecule has 0 saturated heterocycles. The fraction of sp³-hybridized carbons (Fsp3) is 0.500. The van der Waals surface area contributed by atoms with Gasteiger partial charge < -0.3 is 14.5 Å². The van der Waals surface area contributed by atoms with E-state index in [-0.39, 0.29) is 17.0 Å². The topological polar surface area (TPSA) is 128 Å². The van der Waals surface area contributed by atoms with Gasteiger partial charge in [0.2, 0.25) is 10.0 Å². The van der Waals surface area contributed by atoms with Crippen LogP contribution in [0.5, 0.6) is 0 Å². The molecule has 0 bridgehead atoms. The lowest BCUT2D eigenvalue weighted by Gasteiger charge is -2.21. The molecule has 1 atom stereocenters. The van der Waals surface area contributed by atoms with E-state index >= 15 is 0 Å². The number of rotatable bonds is 20. The highest BCUT2D eigenvalue weighted by molar-refractivity contribution is 7.89. The van der Waals surface area contributed by atoms with Crippen molar-refractivity contribution in [1.29, 1.82) is 0 Å². The number of fused-ring (bicyclic) bond motifs is 2. The van der Waals surface area contributed by atoms with Crippen molar-refractivity contribution in [2.45, 2.75) is 83.4 Å². The van der Waals surface area contributed by atoms with E-state index in [0.717, 1.165) is 69.3 Å². The molecule has 0 spiro atoms. The van der Waals surface area contributed by atoms with Crippen LogP contribution in [0.3, 0.4) is 0 Å². The summed E-state index contributed by atoms with van der Waals surface area (Å²) in [6, 6.07) is 15.4. The molecular weight excluding hydrogens is 675 g/mol. The number of sulfonamides is 1. The lowest BCUT2D eigenvalue weighted by Crippen LogP contribution is -2.26. The number of benzene rings is 3. The smallest absolute Gasteiger partial charge is 0.363 e. The first-order valence-corrected chi connectivity index (χ1v) is 20.9. The summed E-state index contributed by atoms with van der Waals surface area (Å²) in [5.74, 6) is 0.491. The second-order valence-corrected chi connectivity index (χ2v) is 15.7. The molecule has 1 aromatic heterocycles. The Morgan fingerprint density at radius 3 is 1.86 bits per heavy atom. The molecule has 0 aliphatic heterocycles. The second kappa shape index (κ2) is 17.8. The van der Waals surface area contributed by atoms with Gasteiger partial charge in [0, 0.05) is 68.4 Å². The van der Waals surface area contributed by atoms with Gasteiger partial charge in [0.05, 0.1) is 27.8 Å². The normalized spacial score (nSPS) is 12.9. The minimum Gasteiger partial charge on any atom is -0.381 e. The van der Waals surface area contributed by atoms with E-state index in [2.05, 4.69) is 56.1 Å². The summed E-state index contributed by atoms with van der Waals surface area (Å²) in [5.41, 5.74) is 3.66. The highest BCUT2D eigenvalue weighted by Gasteiger charge is 2.28. The van der Waals surface area contributed by atoms with Crippen LogP contribution in [-0.2, 0) is 24.9 Å². The third-order valence-electron chi connectivity index (χ3n) is 9.41. The van der Waals surface area contributed by atoms with E-state index in [1.54, 1.807) is 0 Å². The molecule has 1 unspecified atom stereocenters. The van der Waals surface area contributed by atoms with Crippen LogP contribution >= 0.6 is 0 Å². The fourth-order valence-corrected chi connectivity index (χ4v) is 8.33. The summed E-state index contributed by atoms with van der Waals surface area (Å²) in [6.45, 7) is 16.9. The SMILES string of the molecule is CCCCC(CC)COCCCNS(=O)(=O)c1ccc(-c2c3ccc(N(CC)CC)cc3[o+]c3cc(N(CC)CC)ccc23)c(S(=O)(=O)O)c1. The van der Waals surface area contributed by atoms with E-state index in [1.165, 1.54) is 12.1 Å². The quantitative estimate of drug-likeness (QED) is 0.0399. The predicted molar refractivity (Wildman–Crippen MR) is 204 cm³/mol. The van der Waals surface area contributed by atoms with Gasteiger partial charge >= 0.3 is 11.2 Å². The average molecular weight is 729 g/mol. The van der Waals surface area contributed by atoms with Gasteiger partial charge in [-0.3, -0.25) is 4.55 Å². The average Bonchev–Trinajstić information content (AvgIpc) is 3.10. The predicted octanol–water partition coefficient (Wildman–Crippen LogP) is 8.37. The molecule has 0 aliphatic rings. The molecule has 0 saturated carbocycles. The maximum absolute atomic E-state index is 13.4. The Morgan fingerprint density at radius 1 is 0.780 bits per heavy atom. The minimum absolute atomic E-state index is 0.121. The van der Waals surface area contributed by atoms with Crippen molar-refractivity contribution >= 4 is 53.5 Å². The Bertz CT molecular complexity index is 1890. The van der Waals surface area contributed by atoms with Crippen LogP contribution in [0.4, 0.5) is 11.4 Å². The molecular formula is C38H54N3O7S2+. The maximum Gasteiger partial charge on any atom is 0.363 e. The van der Waals surface area contributed by atoms with E-state index in [9.17, 15) is 21.4 Å². The monoisotopic (exact) mass is 728 g/mol. The first-order chi connectivity index (χ1) is 23.9. The number of hydrogen-bond donors (Lipinski definition) is 2. The van der Waals surface area contributed by atoms with Crippen LogP contribution in [0.2, 0.25) is 0 Å². The van der Waals surface area contributed by atoms with Crippen molar-refractivity contribution in [2.24, 2.45) is 5.92 Å². The van der Waals surface area contributed by atoms with Crippen LogP contribution in [0, 0.1) is 5.92 Å². The molecule has 4 aromatic rings. The molecule has 274 valence electrons. The first kappa shape index (κ1) is 39.5. The van der Waals surface area contributed by atoms with Crippen molar-refractivity contribution in [1.82, 2.24) is 4.72 Å². The Morgan fingerprint density at radius 2 is 1.36 bits per heavy atom. The van der Waals surface area contributed by atoms with Crippen LogP contribution in [0.1, 0.15) is 73.6 Å². The van der Waals surface area contributed by atoms with Crippen molar-refractivity contribution in [3.8, 4) is 11.1 Å². The molecule has 0 amide bonds. The van der Waals surface area contributed by atoms with Gasteiger partial charge in [-0.15, -0.1) is 0 Å². The summed E-state index contributed by atoms with van der Waals surface area (Å²) in [6.07, 6.45) is 4.92. The first-order valence-electron chi connectivity index (χ1n) is 17.9. The van der Waals surface area contributed by atoms with Gasteiger partial charge in [0.1, 0.15) is 4.90 Å². The minimum atomic E-state index is -4.87. The lowest BCUT2D eigenvalue weighted by atomic mass is 9.96. The number of anilines is 2. The standard InChI is InChI=1S/C38H53N3O7S2/c1-7-13-15-28(8-2)27-47-23-14-22-39-49(42,43)31-18-21-34(37(26-31)50(44,45)46)38-32-19-16-29(40(9-3)10-4)24-35(32)48-36-25-30(17-20-33(36)38)41(11-5)12-6/h16-21,24-26,28,39H,7-15,22-23,27H2,1-6H3/p+1. The molecule has 50 heavy (non-hydrogen) atoms. The van der Waals surface area contributed by atoms with Crippen molar-refractivity contribution in [3.63, 3.8) is 0 Å². The second-order valence-electron chi connectivity index (χ2n) is 12.6. The third-order valence-corrected chi connectivity index (χ3v) is 11.8. The summed E-state index contributed by atoms with van der Waals surface area (Å²) in [7, 11) is -8.97. The van der Waals surface area contributed by atoms with Gasteiger partial charge in [-0.05, 0) is 82.9 Å². The Balaban J connectivity index is 1.75. The van der Waals surface area contributed by atoms with E-state index in [1.807, 2.05) is 36.4 Å². The number of unbranched alkanes of at least 4 members (excludes halogenated alkanes) is 1. The summed E-state index contributed by atoms with van der Waals surface area (Å²) < 4.78 is 78.1. The molecule has 1 heterocycles. The van der Waals surface area contributed by atoms with Gasteiger partial charge in [-0.1, -0.05) is 39.2 Å². The highest BCUT2D eigenvalue weighted by atomic mass is 32.2. The number of hydrogen-bond acceptors (Lipinski definition) is 7. The fourth-order valence-electron chi connectivity index (χ4n) is 6.43. The molecule has 3 aromatic carbocycles. The van der Waals surface area contributed by atoms with Gasteiger partial charge in [0.15, 0.2) is 0 Å². The van der Waals surface area contributed by atoms with Crippen molar-refractivity contribution < 1.29 is 30.5 Å². The summed E-state index contributed by atoms with van der Waals surface area (Å²) in [4.78, 5) is 3.60. The van der Waals surface area contributed by atoms with Gasteiger partial charge in [0.25, 0.3) is 10.1 Å². The van der Waals surface area contributed by atoms with Crippen LogP contribution in [-0.4, -0.2) is 67.3 Å².